The second-order valence-corrected chi connectivity index (χ2v) is 7.89. The van der Waals surface area contributed by atoms with Crippen molar-refractivity contribution in [1.29, 1.82) is 0 Å². The molecule has 2 atom stereocenters. The summed E-state index contributed by atoms with van der Waals surface area (Å²) >= 11 is 0. The molecule has 0 bridgehead atoms. The summed E-state index contributed by atoms with van der Waals surface area (Å²) in [5.74, 6) is 0. The first-order valence-electron chi connectivity index (χ1n) is 5.54. The van der Waals surface area contributed by atoms with Gasteiger partial charge in [-0.2, -0.15) is 0 Å². The minimum atomic E-state index is -0.0847. The third-order valence-electron chi connectivity index (χ3n) is 3.56. The summed E-state index contributed by atoms with van der Waals surface area (Å²) in [5.41, 5.74) is 0. The van der Waals surface area contributed by atoms with Crippen molar-refractivity contribution in [3.63, 3.8) is 0 Å². The van der Waals surface area contributed by atoms with Gasteiger partial charge in [0.25, 0.3) is 0 Å². The number of hydrogen-bond acceptors (Lipinski definition) is 1. The molecular weight excluding hydrogens is 176 g/mol. The Labute approximate surface area is 85.5 Å². The predicted molar refractivity (Wildman–Crippen MR) is 61.2 cm³/mol. The van der Waals surface area contributed by atoms with Crippen molar-refractivity contribution in [2.45, 2.75) is 45.7 Å². The van der Waals surface area contributed by atoms with E-state index in [0.717, 1.165) is 12.1 Å². The molecule has 1 rings (SSSR count). The van der Waals surface area contributed by atoms with Crippen molar-refractivity contribution in [2.75, 3.05) is 20.6 Å². The van der Waals surface area contributed by atoms with Crippen LogP contribution < -0.4 is 0 Å². The molecule has 3 heteroatoms. The highest BCUT2D eigenvalue weighted by atomic mass is 28.2. The Hall–Kier alpha value is 0.137. The number of nitrogens with zero attached hydrogens (tertiary/aromatic N) is 2. The summed E-state index contributed by atoms with van der Waals surface area (Å²) in [5, 5.41) is 0. The van der Waals surface area contributed by atoms with Crippen molar-refractivity contribution in [1.82, 2.24) is 4.57 Å². The molecule has 1 heterocycles. The van der Waals surface area contributed by atoms with E-state index in [9.17, 15) is 0 Å². The molecule has 0 aromatic heterocycles. The maximum atomic E-state index is 2.76. The van der Waals surface area contributed by atoms with E-state index < -0.39 is 0 Å². The lowest BCUT2D eigenvalue weighted by molar-refractivity contribution is -0.814. The van der Waals surface area contributed by atoms with Crippen LogP contribution in [0.25, 0.3) is 0 Å². The van der Waals surface area contributed by atoms with Crippen LogP contribution in [0.1, 0.15) is 33.6 Å². The van der Waals surface area contributed by atoms with Gasteiger partial charge >= 0.3 is 9.84 Å². The van der Waals surface area contributed by atoms with Gasteiger partial charge in [-0.15, -0.1) is 0 Å². The first kappa shape index (κ1) is 11.2. The molecule has 0 aliphatic carbocycles. The van der Waals surface area contributed by atoms with Crippen molar-refractivity contribution in [3.05, 3.63) is 0 Å². The predicted octanol–water partition coefficient (Wildman–Crippen LogP) is 0.954. The topological polar surface area (TPSA) is 3.24 Å². The zero-order valence-electron chi connectivity index (χ0n) is 9.88. The Bertz CT molecular complexity index is 170. The fraction of sp³-hybridized carbons (Fsp3) is 1.00. The maximum absolute atomic E-state index is 2.76. The van der Waals surface area contributed by atoms with Crippen molar-refractivity contribution in [3.8, 4) is 0 Å². The summed E-state index contributed by atoms with van der Waals surface area (Å²) in [6, 6.07) is 1.71. The van der Waals surface area contributed by atoms with Crippen LogP contribution in [0, 0.1) is 0 Å². The Morgan fingerprint density at radius 2 is 2.00 bits per heavy atom. The van der Waals surface area contributed by atoms with Crippen LogP contribution in [0.4, 0.5) is 0 Å². The van der Waals surface area contributed by atoms with Gasteiger partial charge in [0.2, 0.25) is 0 Å². The van der Waals surface area contributed by atoms with Gasteiger partial charge in [0.05, 0.1) is 20.1 Å². The van der Waals surface area contributed by atoms with Gasteiger partial charge in [-0.05, 0) is 26.8 Å². The highest BCUT2D eigenvalue weighted by Gasteiger charge is 2.36. The highest BCUT2D eigenvalue weighted by molar-refractivity contribution is 6.23. The molecule has 2 unspecified atom stereocenters. The first-order valence-corrected chi connectivity index (χ1v) is 6.80. The van der Waals surface area contributed by atoms with E-state index in [0.29, 0.717) is 0 Å². The fourth-order valence-electron chi connectivity index (χ4n) is 2.25. The van der Waals surface area contributed by atoms with Crippen LogP contribution in [0.5, 0.6) is 0 Å². The molecule has 0 aromatic rings. The van der Waals surface area contributed by atoms with E-state index in [1.807, 2.05) is 0 Å². The summed E-state index contributed by atoms with van der Waals surface area (Å²) in [4.78, 5) is 0. The van der Waals surface area contributed by atoms with Gasteiger partial charge in [0, 0.05) is 12.5 Å². The average molecular weight is 201 g/mol. The molecule has 2 nitrogen and oxygen atoms in total. The van der Waals surface area contributed by atoms with Crippen molar-refractivity contribution < 1.29 is 4.15 Å². The van der Waals surface area contributed by atoms with Crippen LogP contribution in [0.15, 0.2) is 0 Å². The quantitative estimate of drug-likeness (QED) is 0.602. The zero-order valence-corrected chi connectivity index (χ0v) is 11.3. The highest BCUT2D eigenvalue weighted by Crippen LogP contribution is 2.21. The third-order valence-corrected chi connectivity index (χ3v) is 6.21. The molecule has 0 amide bonds. The molecule has 78 valence electrons. The van der Waals surface area contributed by atoms with Gasteiger partial charge in [0.1, 0.15) is 0 Å². The van der Waals surface area contributed by atoms with Gasteiger partial charge in [0.15, 0.2) is 0 Å². The van der Waals surface area contributed by atoms with Gasteiger partial charge in [-0.25, -0.2) is 0 Å². The smallest absolute Gasteiger partial charge is 0.338 e. The molecule has 13 heavy (non-hydrogen) atoms. The average Bonchev–Trinajstić information content (AvgIpc) is 2.00. The molecule has 0 saturated carbocycles. The normalized spacial score (nSPS) is 36.7. The summed E-state index contributed by atoms with van der Waals surface area (Å²) in [6.45, 7) is 8.42. The standard InChI is InChI=1S/C10H25N2Si/c1-6-7-11-9(2)8-10(3)12(4,5)13-11/h9-10H,6-8,13H2,1-5H3/q+1. The summed E-state index contributed by atoms with van der Waals surface area (Å²) in [7, 11) is 4.73. The Morgan fingerprint density at radius 3 is 2.54 bits per heavy atom. The van der Waals surface area contributed by atoms with Crippen LogP contribution in [0.3, 0.4) is 0 Å². The molecule has 1 fully saturated rings. The molecule has 1 saturated heterocycles. The largest absolute Gasteiger partial charge is 0.378 e. The Morgan fingerprint density at radius 1 is 1.38 bits per heavy atom. The second kappa shape index (κ2) is 4.11. The zero-order chi connectivity index (χ0) is 10.1. The molecule has 0 N–H and O–H groups in total. The second-order valence-electron chi connectivity index (χ2n) is 5.17. The molecule has 1 aliphatic heterocycles. The van der Waals surface area contributed by atoms with Crippen molar-refractivity contribution >= 4 is 9.84 Å². The Balaban J connectivity index is 2.59. The first-order chi connectivity index (χ1) is 5.97. The van der Waals surface area contributed by atoms with Crippen LogP contribution >= 0.6 is 0 Å². The third kappa shape index (κ3) is 2.54. The van der Waals surface area contributed by atoms with Crippen LogP contribution in [-0.4, -0.2) is 51.3 Å². The van der Waals surface area contributed by atoms with E-state index in [2.05, 4.69) is 39.4 Å². The van der Waals surface area contributed by atoms with E-state index in [-0.39, 0.29) is 9.84 Å². The lowest BCUT2D eigenvalue weighted by Gasteiger charge is -2.48. The van der Waals surface area contributed by atoms with Gasteiger partial charge in [-0.3, -0.25) is 4.57 Å². The number of quaternary nitrogens is 1. The van der Waals surface area contributed by atoms with Crippen molar-refractivity contribution in [2.24, 2.45) is 0 Å². The van der Waals surface area contributed by atoms with E-state index >= 15 is 0 Å². The molecule has 1 aliphatic rings. The van der Waals surface area contributed by atoms with E-state index in [1.165, 1.54) is 23.5 Å². The molecule has 0 radical (unpaired) electrons. The Kier molecular flexibility index (Phi) is 3.55. The number of rotatable bonds is 2. The fourth-order valence-corrected chi connectivity index (χ4v) is 4.50. The lowest BCUT2D eigenvalue weighted by atomic mass is 10.1. The maximum Gasteiger partial charge on any atom is 0.338 e. The van der Waals surface area contributed by atoms with E-state index in [4.69, 9.17) is 0 Å². The summed E-state index contributed by atoms with van der Waals surface area (Å²) in [6.07, 6.45) is 2.69. The minimum absolute atomic E-state index is 0.0847. The number of hydrogen-bond donors (Lipinski definition) is 0. The van der Waals surface area contributed by atoms with E-state index in [1.54, 1.807) is 0 Å². The molecule has 0 aromatic carbocycles. The van der Waals surface area contributed by atoms with Crippen LogP contribution in [0.2, 0.25) is 0 Å². The van der Waals surface area contributed by atoms with Gasteiger partial charge in [-0.1, -0.05) is 6.92 Å². The van der Waals surface area contributed by atoms with Crippen LogP contribution in [-0.2, 0) is 0 Å². The SMILES string of the molecule is CCCN1[SiH2][N+](C)(C)C(C)CC1C. The lowest BCUT2D eigenvalue weighted by Crippen LogP contribution is -2.64. The summed E-state index contributed by atoms with van der Waals surface area (Å²) < 4.78 is 4.06. The molecular formula is C10H25N2Si+. The minimum Gasteiger partial charge on any atom is -0.378 e. The van der Waals surface area contributed by atoms with Gasteiger partial charge < -0.3 is 4.15 Å². The monoisotopic (exact) mass is 201 g/mol. The molecule has 0 spiro atoms.